The van der Waals surface area contributed by atoms with Gasteiger partial charge in [-0.1, -0.05) is 24.3 Å². The molecule has 1 aromatic carbocycles. The fourth-order valence-electron chi connectivity index (χ4n) is 3.92. The van der Waals surface area contributed by atoms with Gasteiger partial charge >= 0.3 is 0 Å². The summed E-state index contributed by atoms with van der Waals surface area (Å²) in [7, 11) is 1.52. The van der Waals surface area contributed by atoms with Crippen molar-refractivity contribution >= 4 is 5.91 Å². The highest BCUT2D eigenvalue weighted by Gasteiger charge is 2.29. The maximum atomic E-state index is 13.4. The molecule has 6 heteroatoms. The van der Waals surface area contributed by atoms with Crippen molar-refractivity contribution in [1.82, 2.24) is 14.8 Å². The summed E-state index contributed by atoms with van der Waals surface area (Å²) in [5, 5.41) is 3.29. The molecule has 1 amide bonds. The molecule has 2 aliphatic rings. The molecule has 1 aromatic heterocycles. The van der Waals surface area contributed by atoms with Gasteiger partial charge in [0.1, 0.15) is 11.3 Å². The lowest BCUT2D eigenvalue weighted by Gasteiger charge is -2.30. The van der Waals surface area contributed by atoms with E-state index in [1.807, 2.05) is 17.0 Å². The van der Waals surface area contributed by atoms with Crippen LogP contribution in [0.4, 0.5) is 0 Å². The van der Waals surface area contributed by atoms with Crippen LogP contribution >= 0.6 is 0 Å². The Labute approximate surface area is 152 Å². The fraction of sp³-hybridized carbons (Fsp3) is 0.400. The zero-order valence-electron chi connectivity index (χ0n) is 15.0. The summed E-state index contributed by atoms with van der Waals surface area (Å²) >= 11 is 0. The molecule has 2 aromatic rings. The summed E-state index contributed by atoms with van der Waals surface area (Å²) in [6, 6.07) is 9.69. The summed E-state index contributed by atoms with van der Waals surface area (Å²) in [6.45, 7) is 3.31. The first kappa shape index (κ1) is 16.8. The molecule has 6 nitrogen and oxygen atoms in total. The van der Waals surface area contributed by atoms with Crippen molar-refractivity contribution in [1.29, 1.82) is 0 Å². The van der Waals surface area contributed by atoms with Crippen LogP contribution in [0.5, 0.6) is 5.75 Å². The predicted molar refractivity (Wildman–Crippen MR) is 98.7 cm³/mol. The molecule has 0 saturated heterocycles. The van der Waals surface area contributed by atoms with Crippen molar-refractivity contribution < 1.29 is 9.53 Å². The van der Waals surface area contributed by atoms with Gasteiger partial charge < -0.3 is 19.5 Å². The smallest absolute Gasteiger partial charge is 0.259 e. The standard InChI is InChI=1S/C20H23N3O3/c1-26-17-12-18(24)23-11-9-21-8-6-16(23)19(17)20(25)22-10-7-14-4-2-3-5-15(14)13-22/h2-5,12,21H,6-11,13H2,1H3. The van der Waals surface area contributed by atoms with Crippen LogP contribution in [0.25, 0.3) is 0 Å². The molecule has 0 fully saturated rings. The molecule has 0 aliphatic carbocycles. The summed E-state index contributed by atoms with van der Waals surface area (Å²) in [5.74, 6) is 0.328. The van der Waals surface area contributed by atoms with Crippen LogP contribution in [0.15, 0.2) is 35.1 Å². The Morgan fingerprint density at radius 2 is 1.92 bits per heavy atom. The third-order valence-corrected chi connectivity index (χ3v) is 5.28. The van der Waals surface area contributed by atoms with Crippen molar-refractivity contribution in [3.63, 3.8) is 0 Å². The average Bonchev–Trinajstić information content (AvgIpc) is 2.93. The lowest BCUT2D eigenvalue weighted by Crippen LogP contribution is -2.38. The van der Waals surface area contributed by atoms with E-state index in [4.69, 9.17) is 4.74 Å². The summed E-state index contributed by atoms with van der Waals surface area (Å²) in [4.78, 5) is 27.7. The SMILES string of the molecule is COc1cc(=O)n2c(c1C(=O)N1CCc3ccccc3C1)CCNCC2. The Morgan fingerprint density at radius 3 is 2.73 bits per heavy atom. The van der Waals surface area contributed by atoms with Crippen LogP contribution in [0.3, 0.4) is 0 Å². The van der Waals surface area contributed by atoms with Gasteiger partial charge in [-0.05, 0) is 17.5 Å². The normalized spacial score (nSPS) is 16.4. The molecular formula is C20H23N3O3. The van der Waals surface area contributed by atoms with Crippen molar-refractivity contribution in [3.8, 4) is 5.75 Å². The molecule has 136 valence electrons. The van der Waals surface area contributed by atoms with E-state index in [2.05, 4.69) is 17.4 Å². The van der Waals surface area contributed by atoms with Crippen LogP contribution in [-0.4, -0.2) is 42.1 Å². The Hall–Kier alpha value is -2.60. The van der Waals surface area contributed by atoms with E-state index in [1.165, 1.54) is 24.3 Å². The molecule has 3 heterocycles. The fourth-order valence-corrected chi connectivity index (χ4v) is 3.92. The highest BCUT2D eigenvalue weighted by molar-refractivity contribution is 5.98. The first-order valence-electron chi connectivity index (χ1n) is 9.06. The average molecular weight is 353 g/mol. The van der Waals surface area contributed by atoms with E-state index in [0.717, 1.165) is 25.2 Å². The molecule has 0 unspecified atom stereocenters. The third kappa shape index (κ3) is 2.90. The van der Waals surface area contributed by atoms with Crippen LogP contribution in [0, 0.1) is 0 Å². The number of hydrogen-bond donors (Lipinski definition) is 1. The van der Waals surface area contributed by atoms with Crippen LogP contribution in [-0.2, 0) is 25.9 Å². The monoisotopic (exact) mass is 353 g/mol. The second-order valence-electron chi connectivity index (χ2n) is 6.77. The van der Waals surface area contributed by atoms with E-state index < -0.39 is 0 Å². The molecule has 0 spiro atoms. The largest absolute Gasteiger partial charge is 0.496 e. The number of ether oxygens (including phenoxy) is 1. The summed E-state index contributed by atoms with van der Waals surface area (Å²) in [6.07, 6.45) is 1.48. The lowest BCUT2D eigenvalue weighted by atomic mass is 9.98. The minimum atomic E-state index is -0.110. The second-order valence-corrected chi connectivity index (χ2v) is 6.77. The molecule has 0 bridgehead atoms. The maximum absolute atomic E-state index is 13.4. The molecule has 1 N–H and O–H groups in total. The van der Waals surface area contributed by atoms with Gasteiger partial charge in [0, 0.05) is 50.9 Å². The number of nitrogens with zero attached hydrogens (tertiary/aromatic N) is 2. The van der Waals surface area contributed by atoms with Gasteiger partial charge in [-0.3, -0.25) is 9.59 Å². The Bertz CT molecular complexity index is 904. The number of hydrogen-bond acceptors (Lipinski definition) is 4. The van der Waals surface area contributed by atoms with E-state index in [-0.39, 0.29) is 11.5 Å². The highest BCUT2D eigenvalue weighted by Crippen LogP contribution is 2.26. The minimum absolute atomic E-state index is 0.0537. The van der Waals surface area contributed by atoms with Crippen molar-refractivity contribution in [2.45, 2.75) is 25.9 Å². The van der Waals surface area contributed by atoms with Gasteiger partial charge in [-0.25, -0.2) is 0 Å². The van der Waals surface area contributed by atoms with Gasteiger partial charge in [0.2, 0.25) is 0 Å². The van der Waals surface area contributed by atoms with Gasteiger partial charge in [0.05, 0.1) is 7.11 Å². The molecule has 0 radical (unpaired) electrons. The number of pyridine rings is 1. The van der Waals surface area contributed by atoms with Crippen LogP contribution in [0.2, 0.25) is 0 Å². The number of carbonyl (C=O) groups is 1. The number of amides is 1. The number of carbonyl (C=O) groups excluding carboxylic acids is 1. The van der Waals surface area contributed by atoms with Gasteiger partial charge in [-0.2, -0.15) is 0 Å². The molecular weight excluding hydrogens is 330 g/mol. The number of fused-ring (bicyclic) bond motifs is 2. The molecule has 0 atom stereocenters. The first-order valence-corrected chi connectivity index (χ1v) is 9.06. The van der Waals surface area contributed by atoms with E-state index >= 15 is 0 Å². The zero-order valence-corrected chi connectivity index (χ0v) is 15.0. The Kier molecular flexibility index (Phi) is 4.51. The maximum Gasteiger partial charge on any atom is 0.259 e. The Balaban J connectivity index is 1.75. The van der Waals surface area contributed by atoms with E-state index in [9.17, 15) is 9.59 Å². The first-order chi connectivity index (χ1) is 12.7. The molecule has 4 rings (SSSR count). The number of benzene rings is 1. The number of rotatable bonds is 2. The minimum Gasteiger partial charge on any atom is -0.496 e. The number of nitrogens with one attached hydrogen (secondary N) is 1. The van der Waals surface area contributed by atoms with Crippen LogP contribution in [0.1, 0.15) is 27.2 Å². The Morgan fingerprint density at radius 1 is 1.12 bits per heavy atom. The molecule has 26 heavy (non-hydrogen) atoms. The third-order valence-electron chi connectivity index (χ3n) is 5.28. The molecule has 0 saturated carbocycles. The van der Waals surface area contributed by atoms with Crippen molar-refractivity contribution in [2.24, 2.45) is 0 Å². The topological polar surface area (TPSA) is 63.6 Å². The number of aromatic nitrogens is 1. The highest BCUT2D eigenvalue weighted by atomic mass is 16.5. The van der Waals surface area contributed by atoms with Gasteiger partial charge in [-0.15, -0.1) is 0 Å². The van der Waals surface area contributed by atoms with Gasteiger partial charge in [0.25, 0.3) is 11.5 Å². The van der Waals surface area contributed by atoms with Crippen LogP contribution < -0.4 is 15.6 Å². The predicted octanol–water partition coefficient (Wildman–Crippen LogP) is 1.20. The summed E-state index contributed by atoms with van der Waals surface area (Å²) < 4.78 is 7.15. The second kappa shape index (κ2) is 6.96. The van der Waals surface area contributed by atoms with Crippen molar-refractivity contribution in [3.05, 3.63) is 63.1 Å². The van der Waals surface area contributed by atoms with Gasteiger partial charge in [0.15, 0.2) is 0 Å². The quantitative estimate of drug-likeness (QED) is 0.881. The van der Waals surface area contributed by atoms with E-state index in [0.29, 0.717) is 37.4 Å². The lowest BCUT2D eigenvalue weighted by molar-refractivity contribution is 0.0728. The van der Waals surface area contributed by atoms with E-state index in [1.54, 1.807) is 4.57 Å². The summed E-state index contributed by atoms with van der Waals surface area (Å²) in [5.41, 5.74) is 3.70. The van der Waals surface area contributed by atoms with Crippen molar-refractivity contribution in [2.75, 3.05) is 26.7 Å². The molecule has 2 aliphatic heterocycles. The number of methoxy groups -OCH3 is 1. The zero-order chi connectivity index (χ0) is 18.1.